The van der Waals surface area contributed by atoms with E-state index in [1.54, 1.807) is 77.9 Å². The smallest absolute Gasteiger partial charge is 0.264 e. The minimum atomic E-state index is -3.33. The van der Waals surface area contributed by atoms with Crippen molar-refractivity contribution in [2.24, 2.45) is 0 Å². The minimum Gasteiger partial charge on any atom is -0.505 e. The van der Waals surface area contributed by atoms with Gasteiger partial charge in [0.1, 0.15) is 11.0 Å². The Morgan fingerprint density at radius 2 is 0.944 bits per heavy atom. The average Bonchev–Trinajstić information content (AvgIpc) is 3.90. The highest BCUT2D eigenvalue weighted by Gasteiger charge is 2.25. The van der Waals surface area contributed by atoms with Crippen LogP contribution in [0.1, 0.15) is 87.9 Å². The van der Waals surface area contributed by atoms with E-state index in [0.29, 0.717) is 62.6 Å². The molecule has 22 heteroatoms. The second-order valence-electron chi connectivity index (χ2n) is 18.3. The topological polar surface area (TPSA) is 208 Å². The number of aliphatic hydroxyl groups is 1. The number of aromatic hydroxyl groups is 1. The first kappa shape index (κ1) is 66.8. The lowest BCUT2D eigenvalue weighted by Crippen LogP contribution is -2.18. The monoisotopic (exact) mass is 1130 g/mol. The van der Waals surface area contributed by atoms with Gasteiger partial charge in [-0.3, -0.25) is 4.18 Å². The van der Waals surface area contributed by atoms with Crippen LogP contribution in [0.15, 0.2) is 59.9 Å². The molecule has 5 rings (SSSR count). The molecular formula is C49H76Cl3N3O12S4. The number of anilines is 1. The molecule has 0 bridgehead atoms. The number of nitrogens with zero attached hydrogens (tertiary/aromatic N) is 2. The molecule has 0 amide bonds. The normalized spacial score (nSPS) is 13.9. The largest absolute Gasteiger partial charge is 0.505 e. The number of thioether (sulfide) groups is 3. The quantitative estimate of drug-likeness (QED) is 0.0322. The number of hydrogen-bond donors (Lipinski definition) is 3. The van der Waals surface area contributed by atoms with E-state index in [0.717, 1.165) is 50.0 Å². The van der Waals surface area contributed by atoms with Crippen LogP contribution in [0.2, 0.25) is 15.1 Å². The Morgan fingerprint density at radius 1 is 0.606 bits per heavy atom. The summed E-state index contributed by atoms with van der Waals surface area (Å²) in [6.45, 7) is 24.6. The molecule has 0 saturated carbocycles. The van der Waals surface area contributed by atoms with Gasteiger partial charge in [-0.2, -0.15) is 8.42 Å². The SMILES string of the molecule is COCC(C)Sc1c(Cl)ccc2nc(C(C)(C)C)oc12.COC[C@@H](C)Sc1c(Cl)ccc(N)c1O.COC[C@@H](C)Sc1c(Cl)ccc2nc(C(C)(C)C)oc12.COC[C@H](C)O.COC[C@H](C)OS(C)(=O)=O. The molecule has 5 atom stereocenters. The van der Waals surface area contributed by atoms with Crippen molar-refractivity contribution in [2.45, 2.75) is 130 Å². The molecule has 0 fully saturated rings. The number of oxazole rings is 2. The number of halogens is 3. The van der Waals surface area contributed by atoms with E-state index in [9.17, 15) is 13.5 Å². The van der Waals surface area contributed by atoms with Crippen molar-refractivity contribution in [3.63, 3.8) is 0 Å². The summed E-state index contributed by atoms with van der Waals surface area (Å²) in [5, 5.41) is 20.9. The van der Waals surface area contributed by atoms with Crippen LogP contribution in [-0.2, 0) is 48.8 Å². The first-order valence-electron chi connectivity index (χ1n) is 22.4. The summed E-state index contributed by atoms with van der Waals surface area (Å²) in [5.41, 5.74) is 8.94. The number of aromatic nitrogens is 2. The van der Waals surface area contributed by atoms with Gasteiger partial charge in [-0.1, -0.05) is 97.1 Å². The van der Waals surface area contributed by atoms with Gasteiger partial charge < -0.3 is 48.5 Å². The van der Waals surface area contributed by atoms with E-state index in [4.69, 9.17) is 68.7 Å². The molecule has 0 saturated heterocycles. The lowest BCUT2D eigenvalue weighted by Gasteiger charge is -2.13. The van der Waals surface area contributed by atoms with Crippen LogP contribution in [0, 0.1) is 0 Å². The standard InChI is InChI=1S/2C15H20ClNO2S.C10H14ClNO2S.C5H12O4S.C4H10O2/c2*1-9(8-18-5)20-13-10(16)6-7-11-12(13)19-14(17-11)15(2,3)4;1-6(5-14-2)15-10-7(11)3-4-8(12)9(10)13;1-5(4-8-2)9-10(3,6)7;1-4(5)3-6-2/h2*6-7,9H,8H2,1-5H3;3-4,6,13H,5,12H2,1-2H3;5H,4H2,1-3H3;4-5H,3H2,1-2H3/t9-;;6-;5-;4-/m1.100/s1. The van der Waals surface area contributed by atoms with E-state index in [1.807, 2.05) is 31.2 Å². The molecule has 0 aliphatic rings. The fourth-order valence-electron chi connectivity index (χ4n) is 5.63. The third kappa shape index (κ3) is 24.8. The summed E-state index contributed by atoms with van der Waals surface area (Å²) in [6, 6.07) is 10.8. The molecule has 4 N–H and O–H groups in total. The number of fused-ring (bicyclic) bond motifs is 2. The van der Waals surface area contributed by atoms with E-state index < -0.39 is 16.2 Å². The fraction of sp³-hybridized carbons (Fsp3) is 0.592. The van der Waals surface area contributed by atoms with E-state index in [-0.39, 0.29) is 34.5 Å². The molecule has 404 valence electrons. The predicted molar refractivity (Wildman–Crippen MR) is 295 cm³/mol. The van der Waals surface area contributed by atoms with E-state index >= 15 is 0 Å². The number of aliphatic hydroxyl groups excluding tert-OH is 1. The number of phenols is 1. The molecule has 0 aliphatic carbocycles. The molecule has 2 aromatic heterocycles. The number of rotatable bonds is 18. The van der Waals surface area contributed by atoms with Crippen LogP contribution < -0.4 is 5.73 Å². The molecule has 15 nitrogen and oxygen atoms in total. The van der Waals surface area contributed by atoms with Gasteiger partial charge in [0.25, 0.3) is 10.1 Å². The molecule has 3 aromatic carbocycles. The Balaban J connectivity index is 0.000000467. The Labute approximate surface area is 449 Å². The second-order valence-corrected chi connectivity index (χ2v) is 25.5. The highest BCUT2D eigenvalue weighted by molar-refractivity contribution is 8.00. The van der Waals surface area contributed by atoms with Crippen molar-refractivity contribution in [2.75, 3.05) is 80.6 Å². The van der Waals surface area contributed by atoms with E-state index in [2.05, 4.69) is 79.0 Å². The maximum absolute atomic E-state index is 10.4. The lowest BCUT2D eigenvalue weighted by atomic mass is 9.97. The molecule has 2 heterocycles. The van der Waals surface area contributed by atoms with E-state index in [1.165, 1.54) is 18.9 Å². The van der Waals surface area contributed by atoms with Crippen LogP contribution in [-0.4, -0.2) is 131 Å². The Hall–Kier alpha value is -2.21. The van der Waals surface area contributed by atoms with Gasteiger partial charge in [-0.25, -0.2) is 9.97 Å². The number of benzene rings is 3. The highest BCUT2D eigenvalue weighted by atomic mass is 35.5. The zero-order valence-electron chi connectivity index (χ0n) is 44.1. The molecule has 71 heavy (non-hydrogen) atoms. The summed E-state index contributed by atoms with van der Waals surface area (Å²) >= 11 is 23.4. The molecule has 0 radical (unpaired) electrons. The third-order valence-corrected chi connectivity index (χ3v) is 14.1. The van der Waals surface area contributed by atoms with Gasteiger partial charge in [0.05, 0.1) is 86.9 Å². The summed E-state index contributed by atoms with van der Waals surface area (Å²) < 4.78 is 61.9. The average molecular weight is 1130 g/mol. The highest BCUT2D eigenvalue weighted by Crippen LogP contribution is 2.42. The van der Waals surface area contributed by atoms with Crippen molar-refractivity contribution in [3.05, 3.63) is 63.2 Å². The fourth-order valence-corrected chi connectivity index (χ4v) is 10.2. The van der Waals surface area contributed by atoms with Crippen molar-refractivity contribution in [1.29, 1.82) is 0 Å². The van der Waals surface area contributed by atoms with Crippen LogP contribution in [0.25, 0.3) is 22.2 Å². The van der Waals surface area contributed by atoms with Crippen molar-refractivity contribution in [1.82, 2.24) is 9.97 Å². The Kier molecular flexibility index (Phi) is 30.4. The van der Waals surface area contributed by atoms with Crippen LogP contribution in [0.3, 0.4) is 0 Å². The molecule has 5 aromatic rings. The number of nitrogens with two attached hydrogens (primary N) is 1. The lowest BCUT2D eigenvalue weighted by molar-refractivity contribution is 0.0765. The zero-order valence-corrected chi connectivity index (χ0v) is 49.6. The second kappa shape index (κ2) is 32.3. The first-order chi connectivity index (χ1) is 32.9. The van der Waals surface area contributed by atoms with Gasteiger partial charge in [-0.05, 0) is 50.2 Å². The summed E-state index contributed by atoms with van der Waals surface area (Å²) in [5.74, 6) is 1.52. The van der Waals surface area contributed by atoms with Crippen molar-refractivity contribution >= 4 is 108 Å². The number of methoxy groups -OCH3 is 5. The summed E-state index contributed by atoms with van der Waals surface area (Å²) in [6.07, 6.45) is 0.286. The van der Waals surface area contributed by atoms with Gasteiger partial charge in [0.15, 0.2) is 16.9 Å². The first-order valence-corrected chi connectivity index (χ1v) is 28.0. The third-order valence-electron chi connectivity index (χ3n) is 8.64. The van der Waals surface area contributed by atoms with Gasteiger partial charge in [-0.15, -0.1) is 35.3 Å². The molecule has 0 aliphatic heterocycles. The Morgan fingerprint density at radius 3 is 1.25 bits per heavy atom. The van der Waals surface area contributed by atoms with Crippen LogP contribution >= 0.6 is 70.1 Å². The molecular weight excluding hydrogens is 1060 g/mol. The zero-order chi connectivity index (χ0) is 54.4. The van der Waals surface area contributed by atoms with Gasteiger partial charge in [0.2, 0.25) is 11.8 Å². The minimum absolute atomic E-state index is 0.0513. The Bertz CT molecular complexity index is 2340. The van der Waals surface area contributed by atoms with Crippen LogP contribution in [0.5, 0.6) is 5.75 Å². The van der Waals surface area contributed by atoms with Gasteiger partial charge >= 0.3 is 0 Å². The van der Waals surface area contributed by atoms with Gasteiger partial charge in [0, 0.05) is 62.1 Å². The summed E-state index contributed by atoms with van der Waals surface area (Å²) in [4.78, 5) is 11.6. The number of phenolic OH excluding ortho intramolecular Hbond substituents is 1. The number of hydrogen-bond acceptors (Lipinski definition) is 18. The molecule has 0 spiro atoms. The predicted octanol–water partition coefficient (Wildman–Crippen LogP) is 12.6. The van der Waals surface area contributed by atoms with Crippen LogP contribution in [0.4, 0.5) is 5.69 Å². The van der Waals surface area contributed by atoms with Crippen molar-refractivity contribution < 1.29 is 55.3 Å². The number of ether oxygens (including phenoxy) is 5. The maximum atomic E-state index is 10.4. The molecule has 1 unspecified atom stereocenters. The summed E-state index contributed by atoms with van der Waals surface area (Å²) in [7, 11) is 4.76. The number of nitrogen functional groups attached to an aromatic ring is 1. The van der Waals surface area contributed by atoms with Crippen molar-refractivity contribution in [3.8, 4) is 5.75 Å². The maximum Gasteiger partial charge on any atom is 0.264 e.